The van der Waals surface area contributed by atoms with E-state index in [9.17, 15) is 18.8 Å². The highest BCUT2D eigenvalue weighted by atomic mass is 19.1. The molecular formula is C16H11F2NO. The van der Waals surface area contributed by atoms with Gasteiger partial charge in [0, 0.05) is 11.6 Å². The molecule has 2 rings (SSSR count). The van der Waals surface area contributed by atoms with E-state index in [0.717, 1.165) is 17.7 Å². The number of nitriles is 1. The molecule has 0 fully saturated rings. The van der Waals surface area contributed by atoms with Crippen LogP contribution >= 0.6 is 0 Å². The number of ketones is 1. The molecule has 1 unspecified atom stereocenters. The molecule has 0 aromatic heterocycles. The first-order valence-electron chi connectivity index (χ1n) is 5.98. The number of aryl methyl sites for hydroxylation is 1. The summed E-state index contributed by atoms with van der Waals surface area (Å²) in [7, 11) is 0. The molecule has 0 saturated carbocycles. The molecule has 0 radical (unpaired) electrons. The molecule has 0 aliphatic carbocycles. The number of carbonyl (C=O) groups is 1. The number of hydrogen-bond donors (Lipinski definition) is 0. The normalized spacial score (nSPS) is 11.7. The van der Waals surface area contributed by atoms with E-state index in [1.165, 1.54) is 0 Å². The van der Waals surface area contributed by atoms with Gasteiger partial charge in [-0.25, -0.2) is 8.78 Å². The maximum absolute atomic E-state index is 13.2. The van der Waals surface area contributed by atoms with Crippen molar-refractivity contribution in [2.24, 2.45) is 0 Å². The van der Waals surface area contributed by atoms with E-state index in [0.29, 0.717) is 11.6 Å². The zero-order chi connectivity index (χ0) is 14.7. The summed E-state index contributed by atoms with van der Waals surface area (Å²) in [6.45, 7) is 1.78. The number of carbonyl (C=O) groups excluding carboxylic acids is 1. The largest absolute Gasteiger partial charge is 0.292 e. The fourth-order valence-corrected chi connectivity index (χ4v) is 2.04. The fraction of sp³-hybridized carbons (Fsp3) is 0.125. The highest BCUT2D eigenvalue weighted by molar-refractivity contribution is 6.02. The predicted molar refractivity (Wildman–Crippen MR) is 70.2 cm³/mol. The summed E-state index contributed by atoms with van der Waals surface area (Å²) in [6.07, 6.45) is 0. The predicted octanol–water partition coefficient (Wildman–Crippen LogP) is 3.76. The molecule has 0 bridgehead atoms. The van der Waals surface area contributed by atoms with Crippen molar-refractivity contribution >= 4 is 5.78 Å². The quantitative estimate of drug-likeness (QED) is 0.797. The lowest BCUT2D eigenvalue weighted by Gasteiger charge is -2.11. The maximum atomic E-state index is 13.2. The number of halogens is 2. The van der Waals surface area contributed by atoms with Crippen LogP contribution in [0.4, 0.5) is 8.78 Å². The van der Waals surface area contributed by atoms with E-state index < -0.39 is 23.3 Å². The molecule has 100 valence electrons. The van der Waals surface area contributed by atoms with Gasteiger partial charge in [-0.3, -0.25) is 4.79 Å². The average Bonchev–Trinajstić information content (AvgIpc) is 2.40. The molecule has 2 aromatic rings. The Balaban J connectivity index is 2.45. The minimum Gasteiger partial charge on any atom is -0.292 e. The lowest BCUT2D eigenvalue weighted by molar-refractivity contribution is 0.0977. The molecule has 0 aliphatic heterocycles. The summed E-state index contributed by atoms with van der Waals surface area (Å²) >= 11 is 0. The second-order valence-electron chi connectivity index (χ2n) is 4.44. The molecule has 0 spiro atoms. The van der Waals surface area contributed by atoms with Gasteiger partial charge in [0.2, 0.25) is 0 Å². The van der Waals surface area contributed by atoms with Crippen LogP contribution in [0.1, 0.15) is 27.4 Å². The van der Waals surface area contributed by atoms with Gasteiger partial charge in [0.05, 0.1) is 6.07 Å². The monoisotopic (exact) mass is 271 g/mol. The number of Topliss-reactive ketones (excluding diaryl/α,β-unsaturated/α-hetero) is 1. The Morgan fingerprint density at radius 1 is 1.15 bits per heavy atom. The number of hydrogen-bond acceptors (Lipinski definition) is 2. The average molecular weight is 271 g/mol. The van der Waals surface area contributed by atoms with Gasteiger partial charge >= 0.3 is 0 Å². The van der Waals surface area contributed by atoms with Crippen LogP contribution in [-0.4, -0.2) is 5.78 Å². The SMILES string of the molecule is Cc1ccccc1C(C#N)C(=O)c1cc(F)cc(F)c1. The molecule has 2 aromatic carbocycles. The molecule has 2 nitrogen and oxygen atoms in total. The number of rotatable bonds is 3. The van der Waals surface area contributed by atoms with Crippen LogP contribution in [0.3, 0.4) is 0 Å². The minimum absolute atomic E-state index is 0.141. The van der Waals surface area contributed by atoms with E-state index >= 15 is 0 Å². The summed E-state index contributed by atoms with van der Waals surface area (Å²) in [6, 6.07) is 11.4. The molecule has 1 atom stereocenters. The lowest BCUT2D eigenvalue weighted by atomic mass is 9.89. The Labute approximate surface area is 115 Å². The summed E-state index contributed by atoms with van der Waals surface area (Å²) in [5, 5.41) is 9.22. The van der Waals surface area contributed by atoms with Gasteiger partial charge in [-0.15, -0.1) is 0 Å². The van der Waals surface area contributed by atoms with Crippen molar-refractivity contribution < 1.29 is 13.6 Å². The third kappa shape index (κ3) is 2.72. The highest BCUT2D eigenvalue weighted by Gasteiger charge is 2.24. The standard InChI is InChI=1S/C16H11F2NO/c1-10-4-2-3-5-14(10)15(9-19)16(20)11-6-12(17)8-13(18)7-11/h2-8,15H,1H3. The number of benzene rings is 2. The molecule has 0 heterocycles. The van der Waals surface area contributed by atoms with E-state index in [4.69, 9.17) is 0 Å². The third-order valence-electron chi connectivity index (χ3n) is 3.04. The zero-order valence-electron chi connectivity index (χ0n) is 10.7. The first-order valence-corrected chi connectivity index (χ1v) is 5.98. The Morgan fingerprint density at radius 3 is 2.30 bits per heavy atom. The maximum Gasteiger partial charge on any atom is 0.184 e. The van der Waals surface area contributed by atoms with Gasteiger partial charge in [0.1, 0.15) is 17.6 Å². The molecule has 0 amide bonds. The summed E-state index contributed by atoms with van der Waals surface area (Å²) in [4.78, 5) is 12.3. The van der Waals surface area contributed by atoms with Crippen LogP contribution in [0, 0.1) is 29.9 Å². The van der Waals surface area contributed by atoms with Crippen molar-refractivity contribution in [3.8, 4) is 6.07 Å². The van der Waals surface area contributed by atoms with E-state index in [2.05, 4.69) is 0 Å². The fourth-order valence-electron chi connectivity index (χ4n) is 2.04. The second kappa shape index (κ2) is 5.62. The highest BCUT2D eigenvalue weighted by Crippen LogP contribution is 2.24. The van der Waals surface area contributed by atoms with Crippen molar-refractivity contribution in [1.29, 1.82) is 5.26 Å². The van der Waals surface area contributed by atoms with Crippen molar-refractivity contribution in [2.45, 2.75) is 12.8 Å². The van der Waals surface area contributed by atoms with Gasteiger partial charge in [-0.05, 0) is 30.2 Å². The van der Waals surface area contributed by atoms with Crippen molar-refractivity contribution in [3.63, 3.8) is 0 Å². The minimum atomic E-state index is -1.07. The van der Waals surface area contributed by atoms with Crippen LogP contribution in [-0.2, 0) is 0 Å². The van der Waals surface area contributed by atoms with Gasteiger partial charge in [-0.2, -0.15) is 5.26 Å². The van der Waals surface area contributed by atoms with Crippen molar-refractivity contribution in [3.05, 3.63) is 70.8 Å². The molecule has 4 heteroatoms. The third-order valence-corrected chi connectivity index (χ3v) is 3.04. The first kappa shape index (κ1) is 13.9. The molecule has 0 saturated heterocycles. The molecule has 20 heavy (non-hydrogen) atoms. The van der Waals surface area contributed by atoms with E-state index in [-0.39, 0.29) is 5.56 Å². The second-order valence-corrected chi connectivity index (χ2v) is 4.44. The summed E-state index contributed by atoms with van der Waals surface area (Å²) < 4.78 is 26.3. The van der Waals surface area contributed by atoms with Gasteiger partial charge in [0.15, 0.2) is 5.78 Å². The molecular weight excluding hydrogens is 260 g/mol. The zero-order valence-corrected chi connectivity index (χ0v) is 10.7. The Morgan fingerprint density at radius 2 is 1.75 bits per heavy atom. The van der Waals surface area contributed by atoms with Gasteiger partial charge in [-0.1, -0.05) is 24.3 Å². The van der Waals surface area contributed by atoms with Crippen molar-refractivity contribution in [1.82, 2.24) is 0 Å². The molecule has 0 aliphatic rings. The Hall–Kier alpha value is -2.54. The number of nitrogens with zero attached hydrogens (tertiary/aromatic N) is 1. The van der Waals surface area contributed by atoms with Crippen LogP contribution in [0.5, 0.6) is 0 Å². The first-order chi connectivity index (χ1) is 9.52. The Bertz CT molecular complexity index is 684. The lowest BCUT2D eigenvalue weighted by Crippen LogP contribution is -2.13. The van der Waals surface area contributed by atoms with Crippen LogP contribution in [0.15, 0.2) is 42.5 Å². The van der Waals surface area contributed by atoms with E-state index in [1.54, 1.807) is 31.2 Å². The van der Waals surface area contributed by atoms with Gasteiger partial charge in [0.25, 0.3) is 0 Å². The van der Waals surface area contributed by atoms with Crippen LogP contribution in [0.2, 0.25) is 0 Å². The Kier molecular flexibility index (Phi) is 3.90. The van der Waals surface area contributed by atoms with Gasteiger partial charge < -0.3 is 0 Å². The van der Waals surface area contributed by atoms with Crippen LogP contribution < -0.4 is 0 Å². The van der Waals surface area contributed by atoms with Crippen molar-refractivity contribution in [2.75, 3.05) is 0 Å². The summed E-state index contributed by atoms with van der Waals surface area (Å²) in [5.41, 5.74) is 1.19. The molecule has 0 N–H and O–H groups in total. The van der Waals surface area contributed by atoms with Crippen LogP contribution in [0.25, 0.3) is 0 Å². The smallest absolute Gasteiger partial charge is 0.184 e. The van der Waals surface area contributed by atoms with E-state index in [1.807, 2.05) is 6.07 Å². The summed E-state index contributed by atoms with van der Waals surface area (Å²) in [5.74, 6) is -3.36. The topological polar surface area (TPSA) is 40.9 Å².